The Kier molecular flexibility index (Phi) is 7.11. The Bertz CT molecular complexity index is 509. The van der Waals surface area contributed by atoms with Crippen molar-refractivity contribution in [2.45, 2.75) is 56.8 Å². The molecule has 136 valence electrons. The molecule has 4 atom stereocenters. The van der Waals surface area contributed by atoms with Crippen molar-refractivity contribution >= 4 is 23.8 Å². The van der Waals surface area contributed by atoms with Gasteiger partial charge in [-0.15, -0.1) is 0 Å². The maximum atomic E-state index is 12.3. The van der Waals surface area contributed by atoms with Crippen molar-refractivity contribution in [3.8, 4) is 0 Å². The number of likely N-dealkylation sites (tertiary alicyclic amines) is 1. The third kappa shape index (κ3) is 5.17. The zero-order valence-electron chi connectivity index (χ0n) is 13.3. The van der Waals surface area contributed by atoms with Crippen LogP contribution >= 0.6 is 0 Å². The van der Waals surface area contributed by atoms with Crippen molar-refractivity contribution in [3.63, 3.8) is 0 Å². The van der Waals surface area contributed by atoms with E-state index in [9.17, 15) is 24.3 Å². The van der Waals surface area contributed by atoms with E-state index < -0.39 is 54.4 Å². The molecule has 6 N–H and O–H groups in total. The van der Waals surface area contributed by atoms with Crippen LogP contribution in [0.3, 0.4) is 0 Å². The van der Waals surface area contributed by atoms with Crippen LogP contribution in [0.15, 0.2) is 0 Å². The number of rotatable bonds is 8. The standard InChI is InChI=1S/C14H23N3O7/c1-7(18)11(15)13(22)17-6-2-3-9(17)12(21)16-8(14(23)24)4-5-10(19)20/h7-9,11,18H,2-6,15H2,1H3,(H,16,21)(H,19,20)(H,23,24)/t7-,8+,9+,11+/m1/s1. The fourth-order valence-corrected chi connectivity index (χ4v) is 2.49. The maximum absolute atomic E-state index is 12.3. The number of amides is 2. The van der Waals surface area contributed by atoms with Gasteiger partial charge in [-0.25, -0.2) is 4.79 Å². The van der Waals surface area contributed by atoms with Crippen molar-refractivity contribution in [1.29, 1.82) is 0 Å². The molecule has 0 bridgehead atoms. The molecule has 1 aliphatic rings. The Hall–Kier alpha value is -2.20. The summed E-state index contributed by atoms with van der Waals surface area (Å²) in [5.74, 6) is -3.77. The van der Waals surface area contributed by atoms with Gasteiger partial charge in [0.05, 0.1) is 6.10 Å². The highest BCUT2D eigenvalue weighted by molar-refractivity contribution is 5.92. The number of aliphatic hydroxyl groups excluding tert-OH is 1. The van der Waals surface area contributed by atoms with Crippen molar-refractivity contribution in [2.24, 2.45) is 5.73 Å². The summed E-state index contributed by atoms with van der Waals surface area (Å²) in [6.45, 7) is 1.64. The highest BCUT2D eigenvalue weighted by Gasteiger charge is 2.38. The molecule has 10 heteroatoms. The molecule has 0 spiro atoms. The molecule has 1 rings (SSSR count). The molecule has 2 amide bonds. The van der Waals surface area contributed by atoms with Crippen molar-refractivity contribution in [2.75, 3.05) is 6.54 Å². The van der Waals surface area contributed by atoms with Gasteiger partial charge in [-0.1, -0.05) is 0 Å². The Morgan fingerprint density at radius 3 is 2.42 bits per heavy atom. The van der Waals surface area contributed by atoms with Crippen LogP contribution in [0.4, 0.5) is 0 Å². The lowest BCUT2D eigenvalue weighted by molar-refractivity contribution is -0.145. The summed E-state index contributed by atoms with van der Waals surface area (Å²) < 4.78 is 0. The van der Waals surface area contributed by atoms with E-state index in [1.54, 1.807) is 0 Å². The maximum Gasteiger partial charge on any atom is 0.326 e. The number of hydrogen-bond acceptors (Lipinski definition) is 6. The van der Waals surface area contributed by atoms with Crippen LogP contribution in [0.2, 0.25) is 0 Å². The van der Waals surface area contributed by atoms with Gasteiger partial charge in [0.15, 0.2) is 0 Å². The van der Waals surface area contributed by atoms with E-state index in [1.165, 1.54) is 11.8 Å². The van der Waals surface area contributed by atoms with Gasteiger partial charge in [-0.3, -0.25) is 14.4 Å². The van der Waals surface area contributed by atoms with Crippen molar-refractivity contribution in [3.05, 3.63) is 0 Å². The molecule has 0 radical (unpaired) electrons. The number of carboxylic acid groups (broad SMARTS) is 2. The molecular weight excluding hydrogens is 322 g/mol. The first-order chi connectivity index (χ1) is 11.1. The van der Waals surface area contributed by atoms with Crippen molar-refractivity contribution in [1.82, 2.24) is 10.2 Å². The predicted octanol–water partition coefficient (Wildman–Crippen LogP) is -1.88. The predicted molar refractivity (Wildman–Crippen MR) is 80.8 cm³/mol. The van der Waals surface area contributed by atoms with Crippen LogP contribution in [0.1, 0.15) is 32.6 Å². The third-order valence-corrected chi connectivity index (χ3v) is 3.90. The minimum absolute atomic E-state index is 0.260. The molecule has 1 heterocycles. The highest BCUT2D eigenvalue weighted by atomic mass is 16.4. The lowest BCUT2D eigenvalue weighted by Gasteiger charge is -2.28. The van der Waals surface area contributed by atoms with Gasteiger partial charge in [-0.2, -0.15) is 0 Å². The molecule has 1 saturated heterocycles. The monoisotopic (exact) mass is 345 g/mol. The summed E-state index contributed by atoms with van der Waals surface area (Å²) in [7, 11) is 0. The van der Waals surface area contributed by atoms with E-state index in [0.29, 0.717) is 12.8 Å². The van der Waals surface area contributed by atoms with E-state index in [4.69, 9.17) is 15.9 Å². The summed E-state index contributed by atoms with van der Waals surface area (Å²) in [6.07, 6.45) is -0.857. The van der Waals surface area contributed by atoms with Crippen molar-refractivity contribution < 1.29 is 34.5 Å². The second-order valence-corrected chi connectivity index (χ2v) is 5.79. The Morgan fingerprint density at radius 1 is 1.29 bits per heavy atom. The minimum Gasteiger partial charge on any atom is -0.481 e. The normalized spacial score (nSPS) is 21.0. The molecule has 24 heavy (non-hydrogen) atoms. The molecule has 0 saturated carbocycles. The number of aliphatic carboxylic acids is 2. The summed E-state index contributed by atoms with van der Waals surface area (Å²) >= 11 is 0. The summed E-state index contributed by atoms with van der Waals surface area (Å²) in [4.78, 5) is 47.4. The van der Waals surface area contributed by atoms with Crippen LogP contribution in [0.25, 0.3) is 0 Å². The summed E-state index contributed by atoms with van der Waals surface area (Å²) in [5, 5.41) is 29.4. The fraction of sp³-hybridized carbons (Fsp3) is 0.714. The molecule has 0 unspecified atom stereocenters. The van der Waals surface area contributed by atoms with Gasteiger partial charge in [-0.05, 0) is 26.2 Å². The van der Waals surface area contributed by atoms with Crippen LogP contribution in [0.5, 0.6) is 0 Å². The van der Waals surface area contributed by atoms with E-state index in [1.807, 2.05) is 0 Å². The van der Waals surface area contributed by atoms with Crippen LogP contribution in [0, 0.1) is 0 Å². The Balaban J connectivity index is 2.75. The number of carbonyl (C=O) groups excluding carboxylic acids is 2. The van der Waals surface area contributed by atoms with Gasteiger partial charge in [0.1, 0.15) is 18.1 Å². The first-order valence-electron chi connectivity index (χ1n) is 7.64. The number of hydrogen-bond donors (Lipinski definition) is 5. The Labute approximate surface area is 138 Å². The number of nitrogens with zero attached hydrogens (tertiary/aromatic N) is 1. The van der Waals surface area contributed by atoms with Crippen LogP contribution in [-0.2, 0) is 19.2 Å². The minimum atomic E-state index is -1.35. The molecular formula is C14H23N3O7. The molecule has 0 aliphatic carbocycles. The number of nitrogens with one attached hydrogen (secondary N) is 1. The van der Waals surface area contributed by atoms with Gasteiger partial charge in [0.2, 0.25) is 11.8 Å². The molecule has 0 aromatic carbocycles. The average Bonchev–Trinajstić information content (AvgIpc) is 2.98. The van der Waals surface area contributed by atoms with E-state index in [0.717, 1.165) is 0 Å². The summed E-state index contributed by atoms with van der Waals surface area (Å²) in [6, 6.07) is -3.40. The average molecular weight is 345 g/mol. The lowest BCUT2D eigenvalue weighted by Crippen LogP contribution is -2.55. The third-order valence-electron chi connectivity index (χ3n) is 3.90. The second-order valence-electron chi connectivity index (χ2n) is 5.79. The number of nitrogens with two attached hydrogens (primary N) is 1. The smallest absolute Gasteiger partial charge is 0.326 e. The van der Waals surface area contributed by atoms with Gasteiger partial charge in [0, 0.05) is 13.0 Å². The first-order valence-corrected chi connectivity index (χ1v) is 7.64. The topological polar surface area (TPSA) is 170 Å². The molecule has 1 aliphatic heterocycles. The quantitative estimate of drug-likeness (QED) is 0.340. The second kappa shape index (κ2) is 8.60. The molecule has 10 nitrogen and oxygen atoms in total. The lowest BCUT2D eigenvalue weighted by atomic mass is 10.1. The number of carbonyl (C=O) groups is 4. The molecule has 0 aromatic rings. The molecule has 0 aromatic heterocycles. The zero-order chi connectivity index (χ0) is 18.4. The van der Waals surface area contributed by atoms with Crippen LogP contribution < -0.4 is 11.1 Å². The first kappa shape index (κ1) is 19.8. The van der Waals surface area contributed by atoms with Crippen LogP contribution in [-0.4, -0.2) is 74.7 Å². The zero-order valence-corrected chi connectivity index (χ0v) is 13.3. The van der Waals surface area contributed by atoms with E-state index in [-0.39, 0.29) is 13.0 Å². The number of aliphatic hydroxyl groups is 1. The highest BCUT2D eigenvalue weighted by Crippen LogP contribution is 2.19. The van der Waals surface area contributed by atoms with Gasteiger partial charge < -0.3 is 31.3 Å². The largest absolute Gasteiger partial charge is 0.481 e. The Morgan fingerprint density at radius 2 is 1.92 bits per heavy atom. The van der Waals surface area contributed by atoms with E-state index >= 15 is 0 Å². The van der Waals surface area contributed by atoms with Gasteiger partial charge in [0.25, 0.3) is 0 Å². The SMILES string of the molecule is C[C@@H](O)[C@H](N)C(=O)N1CCC[C@H]1C(=O)N[C@@H](CCC(=O)O)C(=O)O. The number of carboxylic acids is 2. The summed E-state index contributed by atoms with van der Waals surface area (Å²) in [5.41, 5.74) is 5.60. The van der Waals surface area contributed by atoms with Gasteiger partial charge >= 0.3 is 11.9 Å². The molecule has 1 fully saturated rings. The van der Waals surface area contributed by atoms with E-state index in [2.05, 4.69) is 5.32 Å². The fourth-order valence-electron chi connectivity index (χ4n) is 2.49.